The summed E-state index contributed by atoms with van der Waals surface area (Å²) in [7, 11) is 0. The maximum absolute atomic E-state index is 12.3. The molecule has 19 heavy (non-hydrogen) atoms. The summed E-state index contributed by atoms with van der Waals surface area (Å²) >= 11 is 0. The van der Waals surface area contributed by atoms with Crippen molar-refractivity contribution in [2.75, 3.05) is 19.8 Å². The second-order valence-corrected chi connectivity index (χ2v) is 4.82. The van der Waals surface area contributed by atoms with Crippen molar-refractivity contribution < 1.29 is 9.53 Å². The van der Waals surface area contributed by atoms with E-state index in [4.69, 9.17) is 4.74 Å². The van der Waals surface area contributed by atoms with Gasteiger partial charge in [0.05, 0.1) is 25.2 Å². The zero-order chi connectivity index (χ0) is 13.7. The summed E-state index contributed by atoms with van der Waals surface area (Å²) in [5.41, 5.74) is 1.06. The van der Waals surface area contributed by atoms with Gasteiger partial charge in [0.2, 0.25) is 5.91 Å². The normalized spacial score (nSPS) is 24.1. The Morgan fingerprint density at radius 1 is 1.47 bits per heavy atom. The molecule has 5 heteroatoms. The van der Waals surface area contributed by atoms with Gasteiger partial charge in [-0.05, 0) is 31.2 Å². The molecule has 0 bridgehead atoms. The largest absolute Gasteiger partial charge is 0.379 e. The number of rotatable bonds is 5. The molecule has 0 saturated carbocycles. The summed E-state index contributed by atoms with van der Waals surface area (Å²) in [4.78, 5) is 16.2. The lowest BCUT2D eigenvalue weighted by Crippen LogP contribution is -2.44. The van der Waals surface area contributed by atoms with Crippen LogP contribution in [0.15, 0.2) is 24.5 Å². The van der Waals surface area contributed by atoms with Crippen LogP contribution in [0.3, 0.4) is 0 Å². The van der Waals surface area contributed by atoms with Crippen molar-refractivity contribution in [3.8, 4) is 0 Å². The van der Waals surface area contributed by atoms with Gasteiger partial charge in [-0.25, -0.2) is 0 Å². The van der Waals surface area contributed by atoms with E-state index in [0.29, 0.717) is 13.2 Å². The fourth-order valence-corrected chi connectivity index (χ4v) is 2.33. The molecule has 3 unspecified atom stereocenters. The minimum Gasteiger partial charge on any atom is -0.379 e. The monoisotopic (exact) mass is 263 g/mol. The molecule has 1 amide bonds. The molecule has 0 spiro atoms. The van der Waals surface area contributed by atoms with Crippen LogP contribution in [0, 0.1) is 5.92 Å². The van der Waals surface area contributed by atoms with Crippen molar-refractivity contribution in [3.05, 3.63) is 30.1 Å². The molecule has 1 saturated heterocycles. The number of likely N-dealkylation sites (N-methyl/N-ethyl adjacent to an activating group) is 1. The molecule has 1 fully saturated rings. The summed E-state index contributed by atoms with van der Waals surface area (Å²) in [5, 5.41) is 6.33. The first-order valence-electron chi connectivity index (χ1n) is 6.73. The van der Waals surface area contributed by atoms with E-state index in [1.807, 2.05) is 26.0 Å². The fraction of sp³-hybridized carbons (Fsp3) is 0.571. The highest BCUT2D eigenvalue weighted by atomic mass is 16.5. The number of ether oxygens (including phenoxy) is 1. The van der Waals surface area contributed by atoms with Crippen LogP contribution in [0.1, 0.15) is 25.5 Å². The molecule has 0 aromatic carbocycles. The number of amides is 1. The molecule has 0 aliphatic carbocycles. The summed E-state index contributed by atoms with van der Waals surface area (Å²) in [6.45, 7) is 5.96. The number of nitrogens with zero attached hydrogens (tertiary/aromatic N) is 1. The van der Waals surface area contributed by atoms with Crippen LogP contribution < -0.4 is 10.6 Å². The molecule has 2 N–H and O–H groups in total. The van der Waals surface area contributed by atoms with E-state index in [1.54, 1.807) is 12.4 Å². The van der Waals surface area contributed by atoms with Crippen LogP contribution in [0.5, 0.6) is 0 Å². The Balaban J connectivity index is 1.93. The van der Waals surface area contributed by atoms with Crippen molar-refractivity contribution in [1.82, 2.24) is 15.6 Å². The minimum absolute atomic E-state index is 0.0154. The fourth-order valence-electron chi connectivity index (χ4n) is 2.33. The van der Waals surface area contributed by atoms with Gasteiger partial charge in [-0.15, -0.1) is 0 Å². The maximum atomic E-state index is 12.3. The third-order valence-electron chi connectivity index (χ3n) is 3.45. The van der Waals surface area contributed by atoms with Gasteiger partial charge in [-0.2, -0.15) is 0 Å². The Bertz CT molecular complexity index is 410. The van der Waals surface area contributed by atoms with Crippen LogP contribution >= 0.6 is 0 Å². The van der Waals surface area contributed by atoms with Crippen LogP contribution in [-0.2, 0) is 9.53 Å². The number of hydrogen-bond acceptors (Lipinski definition) is 4. The van der Waals surface area contributed by atoms with Gasteiger partial charge in [-0.1, -0.05) is 6.92 Å². The standard InChI is InChI=1S/C14H21N3O2/c1-3-16-13-9-19-8-12(13)14(18)17-10(2)11-4-6-15-7-5-11/h4-7,10,12-13,16H,3,8-9H2,1-2H3,(H,17,18). The van der Waals surface area contributed by atoms with Crippen molar-refractivity contribution in [3.63, 3.8) is 0 Å². The van der Waals surface area contributed by atoms with E-state index in [9.17, 15) is 4.79 Å². The number of nitrogens with one attached hydrogen (secondary N) is 2. The highest BCUT2D eigenvalue weighted by Gasteiger charge is 2.33. The van der Waals surface area contributed by atoms with Crippen LogP contribution in [0.2, 0.25) is 0 Å². The van der Waals surface area contributed by atoms with Gasteiger partial charge in [0.15, 0.2) is 0 Å². The Hall–Kier alpha value is -1.46. The van der Waals surface area contributed by atoms with E-state index in [0.717, 1.165) is 12.1 Å². The lowest BCUT2D eigenvalue weighted by atomic mass is 10.0. The molecule has 0 radical (unpaired) electrons. The van der Waals surface area contributed by atoms with Crippen molar-refractivity contribution >= 4 is 5.91 Å². The molecule has 5 nitrogen and oxygen atoms in total. The zero-order valence-electron chi connectivity index (χ0n) is 11.4. The van der Waals surface area contributed by atoms with Crippen molar-refractivity contribution in [2.24, 2.45) is 5.92 Å². The van der Waals surface area contributed by atoms with Crippen LogP contribution in [0.4, 0.5) is 0 Å². The van der Waals surface area contributed by atoms with Crippen molar-refractivity contribution in [2.45, 2.75) is 25.9 Å². The average Bonchev–Trinajstić information content (AvgIpc) is 2.88. The van der Waals surface area contributed by atoms with Gasteiger partial charge >= 0.3 is 0 Å². The van der Waals surface area contributed by atoms with Crippen LogP contribution in [0.25, 0.3) is 0 Å². The lowest BCUT2D eigenvalue weighted by Gasteiger charge is -2.21. The second kappa shape index (κ2) is 6.63. The van der Waals surface area contributed by atoms with Gasteiger partial charge < -0.3 is 15.4 Å². The molecule has 2 rings (SSSR count). The number of carbonyl (C=O) groups excluding carboxylic acids is 1. The molecule has 1 aromatic heterocycles. The van der Waals surface area contributed by atoms with Gasteiger partial charge in [0.25, 0.3) is 0 Å². The Morgan fingerprint density at radius 3 is 2.89 bits per heavy atom. The first kappa shape index (κ1) is 14.0. The number of carbonyl (C=O) groups is 1. The highest BCUT2D eigenvalue weighted by molar-refractivity contribution is 5.80. The predicted molar refractivity (Wildman–Crippen MR) is 72.6 cm³/mol. The van der Waals surface area contributed by atoms with Gasteiger partial charge in [0, 0.05) is 18.4 Å². The second-order valence-electron chi connectivity index (χ2n) is 4.82. The molecule has 2 heterocycles. The van der Waals surface area contributed by atoms with Gasteiger partial charge in [0.1, 0.15) is 0 Å². The number of aromatic nitrogens is 1. The number of pyridine rings is 1. The zero-order valence-corrected chi connectivity index (χ0v) is 11.4. The highest BCUT2D eigenvalue weighted by Crippen LogP contribution is 2.17. The smallest absolute Gasteiger partial charge is 0.227 e. The Kier molecular flexibility index (Phi) is 4.87. The first-order chi connectivity index (χ1) is 9.22. The SMILES string of the molecule is CCNC1COCC1C(=O)NC(C)c1ccncc1. The molecular weight excluding hydrogens is 242 g/mol. The summed E-state index contributed by atoms with van der Waals surface area (Å²) in [6.07, 6.45) is 3.47. The average molecular weight is 263 g/mol. The van der Waals surface area contributed by atoms with E-state index in [-0.39, 0.29) is 23.9 Å². The summed E-state index contributed by atoms with van der Waals surface area (Å²) < 4.78 is 5.40. The molecule has 1 aliphatic rings. The summed E-state index contributed by atoms with van der Waals surface area (Å²) in [6, 6.07) is 3.93. The molecule has 1 aliphatic heterocycles. The summed E-state index contributed by atoms with van der Waals surface area (Å²) in [5.74, 6) is -0.0583. The lowest BCUT2D eigenvalue weighted by molar-refractivity contribution is -0.126. The predicted octanol–water partition coefficient (Wildman–Crippen LogP) is 0.883. The van der Waals surface area contributed by atoms with Crippen LogP contribution in [-0.4, -0.2) is 36.7 Å². The minimum atomic E-state index is -0.107. The Morgan fingerprint density at radius 2 is 2.21 bits per heavy atom. The third kappa shape index (κ3) is 3.52. The molecule has 3 atom stereocenters. The van der Waals surface area contributed by atoms with E-state index in [2.05, 4.69) is 15.6 Å². The van der Waals surface area contributed by atoms with E-state index >= 15 is 0 Å². The van der Waals surface area contributed by atoms with E-state index in [1.165, 1.54) is 0 Å². The quantitative estimate of drug-likeness (QED) is 0.828. The third-order valence-corrected chi connectivity index (χ3v) is 3.45. The maximum Gasteiger partial charge on any atom is 0.227 e. The topological polar surface area (TPSA) is 63.2 Å². The molecular formula is C14H21N3O2. The van der Waals surface area contributed by atoms with Gasteiger partial charge in [-0.3, -0.25) is 9.78 Å². The number of hydrogen-bond donors (Lipinski definition) is 2. The molecule has 104 valence electrons. The van der Waals surface area contributed by atoms with E-state index < -0.39 is 0 Å². The van der Waals surface area contributed by atoms with Crippen molar-refractivity contribution in [1.29, 1.82) is 0 Å². The molecule has 1 aromatic rings. The first-order valence-corrected chi connectivity index (χ1v) is 6.73. The Labute approximate surface area is 113 Å².